The lowest BCUT2D eigenvalue weighted by atomic mass is 10.1. The number of nitrogens with zero attached hydrogens (tertiary/aromatic N) is 3. The van der Waals surface area contributed by atoms with Gasteiger partial charge in [-0.2, -0.15) is 4.98 Å². The molecule has 0 aliphatic carbocycles. The van der Waals surface area contributed by atoms with Gasteiger partial charge in [-0.05, 0) is 43.5 Å². The lowest BCUT2D eigenvalue weighted by Gasteiger charge is -2.23. The molecular formula is C22H25N3O3. The van der Waals surface area contributed by atoms with Crippen molar-refractivity contribution in [3.05, 3.63) is 65.5 Å². The Kier molecular flexibility index (Phi) is 6.09. The van der Waals surface area contributed by atoms with Gasteiger partial charge in [-0.3, -0.25) is 4.79 Å². The van der Waals surface area contributed by atoms with Crippen molar-refractivity contribution in [1.82, 2.24) is 15.0 Å². The van der Waals surface area contributed by atoms with Crippen molar-refractivity contribution in [2.24, 2.45) is 0 Å². The molecule has 2 aromatic carbocycles. The summed E-state index contributed by atoms with van der Waals surface area (Å²) in [5, 5.41) is 4.00. The summed E-state index contributed by atoms with van der Waals surface area (Å²) in [6, 6.07) is 15.5. The molecule has 3 aromatic rings. The van der Waals surface area contributed by atoms with E-state index >= 15 is 0 Å². The zero-order chi connectivity index (χ0) is 20.1. The SMILES string of the molecule is CC[C@@H](Oc1cc(C)cc(C)c1)C(=O)N(C)Cc1nc(-c2ccccc2)no1. The molecule has 1 atom stereocenters. The Labute approximate surface area is 165 Å². The van der Waals surface area contributed by atoms with Gasteiger partial charge in [-0.1, -0.05) is 48.5 Å². The van der Waals surface area contributed by atoms with Gasteiger partial charge in [0.15, 0.2) is 6.10 Å². The van der Waals surface area contributed by atoms with Gasteiger partial charge in [0, 0.05) is 12.6 Å². The van der Waals surface area contributed by atoms with Gasteiger partial charge in [0.1, 0.15) is 5.75 Å². The first-order valence-electron chi connectivity index (χ1n) is 9.34. The van der Waals surface area contributed by atoms with Crippen LogP contribution in [0.2, 0.25) is 0 Å². The van der Waals surface area contributed by atoms with Crippen LogP contribution < -0.4 is 4.74 Å². The first-order valence-corrected chi connectivity index (χ1v) is 9.34. The van der Waals surface area contributed by atoms with Crippen molar-refractivity contribution in [3.63, 3.8) is 0 Å². The fourth-order valence-corrected chi connectivity index (χ4v) is 3.02. The molecule has 0 saturated carbocycles. The molecule has 0 unspecified atom stereocenters. The molecule has 28 heavy (non-hydrogen) atoms. The van der Waals surface area contributed by atoms with Crippen molar-refractivity contribution < 1.29 is 14.1 Å². The normalized spacial score (nSPS) is 11.9. The second-order valence-corrected chi connectivity index (χ2v) is 6.91. The quantitative estimate of drug-likeness (QED) is 0.616. The maximum Gasteiger partial charge on any atom is 0.263 e. The van der Waals surface area contributed by atoms with Gasteiger partial charge in [0.05, 0.1) is 6.54 Å². The molecule has 6 heteroatoms. The Bertz CT molecular complexity index is 917. The van der Waals surface area contributed by atoms with Crippen LogP contribution in [0.25, 0.3) is 11.4 Å². The standard InChI is InChI=1S/C22H25N3O3/c1-5-19(27-18-12-15(2)11-16(3)13-18)22(26)25(4)14-20-23-21(24-28-20)17-9-7-6-8-10-17/h6-13,19H,5,14H2,1-4H3/t19-/m1/s1. The summed E-state index contributed by atoms with van der Waals surface area (Å²) in [5.41, 5.74) is 3.07. The molecule has 6 nitrogen and oxygen atoms in total. The minimum Gasteiger partial charge on any atom is -0.481 e. The van der Waals surface area contributed by atoms with Gasteiger partial charge in [0.2, 0.25) is 11.7 Å². The van der Waals surface area contributed by atoms with E-state index < -0.39 is 6.10 Å². The van der Waals surface area contributed by atoms with Crippen LogP contribution in [0.4, 0.5) is 0 Å². The summed E-state index contributed by atoms with van der Waals surface area (Å²) in [7, 11) is 1.71. The molecule has 0 bridgehead atoms. The van der Waals surface area contributed by atoms with Crippen molar-refractivity contribution in [2.75, 3.05) is 7.05 Å². The molecule has 0 aliphatic rings. The fraction of sp³-hybridized carbons (Fsp3) is 0.318. The highest BCUT2D eigenvalue weighted by molar-refractivity contribution is 5.81. The van der Waals surface area contributed by atoms with E-state index in [0.717, 1.165) is 16.7 Å². The minimum atomic E-state index is -0.567. The summed E-state index contributed by atoms with van der Waals surface area (Å²) < 4.78 is 11.3. The number of likely N-dealkylation sites (N-methyl/N-ethyl adjacent to an activating group) is 1. The molecule has 1 amide bonds. The van der Waals surface area contributed by atoms with Gasteiger partial charge >= 0.3 is 0 Å². The molecule has 0 spiro atoms. The maximum absolute atomic E-state index is 12.8. The highest BCUT2D eigenvalue weighted by atomic mass is 16.5. The van der Waals surface area contributed by atoms with Crippen LogP contribution >= 0.6 is 0 Å². The van der Waals surface area contributed by atoms with E-state index in [1.165, 1.54) is 0 Å². The molecule has 0 fully saturated rings. The molecule has 3 rings (SSSR count). The number of hydrogen-bond acceptors (Lipinski definition) is 5. The Hall–Kier alpha value is -3.15. The summed E-state index contributed by atoms with van der Waals surface area (Å²) >= 11 is 0. The Morgan fingerprint density at radius 3 is 2.46 bits per heavy atom. The van der Waals surface area contributed by atoms with Crippen LogP contribution in [0.15, 0.2) is 53.1 Å². The molecule has 0 N–H and O–H groups in total. The van der Waals surface area contributed by atoms with Gasteiger partial charge < -0.3 is 14.2 Å². The predicted octanol–water partition coefficient (Wildman–Crippen LogP) is 4.17. The number of aryl methyl sites for hydroxylation is 2. The van der Waals surface area contributed by atoms with Crippen LogP contribution in [0.3, 0.4) is 0 Å². The van der Waals surface area contributed by atoms with E-state index in [1.807, 2.05) is 63.2 Å². The Balaban J connectivity index is 1.66. The second-order valence-electron chi connectivity index (χ2n) is 6.91. The molecule has 1 heterocycles. The lowest BCUT2D eigenvalue weighted by Crippen LogP contribution is -2.39. The van der Waals surface area contributed by atoms with Crippen molar-refractivity contribution in [3.8, 4) is 17.1 Å². The van der Waals surface area contributed by atoms with E-state index in [-0.39, 0.29) is 12.5 Å². The van der Waals surface area contributed by atoms with Gasteiger partial charge in [-0.15, -0.1) is 0 Å². The van der Waals surface area contributed by atoms with Gasteiger partial charge in [-0.25, -0.2) is 0 Å². The molecular weight excluding hydrogens is 354 g/mol. The first-order chi connectivity index (χ1) is 13.5. The van der Waals surface area contributed by atoms with Crippen LogP contribution in [0.1, 0.15) is 30.4 Å². The smallest absolute Gasteiger partial charge is 0.263 e. The van der Waals surface area contributed by atoms with Crippen LogP contribution in [-0.4, -0.2) is 34.1 Å². The molecule has 1 aromatic heterocycles. The van der Waals surface area contributed by atoms with E-state index in [1.54, 1.807) is 11.9 Å². The first kappa shape index (κ1) is 19.6. The third-order valence-electron chi connectivity index (χ3n) is 4.37. The topological polar surface area (TPSA) is 68.5 Å². The number of ether oxygens (including phenoxy) is 1. The van der Waals surface area contributed by atoms with Crippen molar-refractivity contribution in [2.45, 2.75) is 39.8 Å². The zero-order valence-corrected chi connectivity index (χ0v) is 16.7. The summed E-state index contributed by atoms with van der Waals surface area (Å²) in [5.74, 6) is 1.47. The number of benzene rings is 2. The van der Waals surface area contributed by atoms with Crippen molar-refractivity contribution >= 4 is 5.91 Å². The molecule has 0 radical (unpaired) electrons. The predicted molar refractivity (Wildman–Crippen MR) is 107 cm³/mol. The Morgan fingerprint density at radius 2 is 1.82 bits per heavy atom. The van der Waals surface area contributed by atoms with E-state index in [4.69, 9.17) is 9.26 Å². The third-order valence-corrected chi connectivity index (χ3v) is 4.37. The summed E-state index contributed by atoms with van der Waals surface area (Å²) in [6.07, 6.45) is -0.00219. The largest absolute Gasteiger partial charge is 0.481 e. The molecule has 0 aliphatic heterocycles. The Morgan fingerprint density at radius 1 is 1.14 bits per heavy atom. The number of rotatable bonds is 7. The number of amides is 1. The maximum atomic E-state index is 12.8. The number of aromatic nitrogens is 2. The summed E-state index contributed by atoms with van der Waals surface area (Å²) in [4.78, 5) is 18.8. The summed E-state index contributed by atoms with van der Waals surface area (Å²) in [6.45, 7) is 6.17. The zero-order valence-electron chi connectivity index (χ0n) is 16.7. The van der Waals surface area contributed by atoms with Crippen LogP contribution in [-0.2, 0) is 11.3 Å². The highest BCUT2D eigenvalue weighted by Crippen LogP contribution is 2.20. The lowest BCUT2D eigenvalue weighted by molar-refractivity contribution is -0.138. The number of hydrogen-bond donors (Lipinski definition) is 0. The third kappa shape index (κ3) is 4.76. The monoisotopic (exact) mass is 379 g/mol. The number of carbonyl (C=O) groups is 1. The second kappa shape index (κ2) is 8.69. The minimum absolute atomic E-state index is 0.124. The average molecular weight is 379 g/mol. The van der Waals surface area contributed by atoms with Crippen LogP contribution in [0, 0.1) is 13.8 Å². The van der Waals surface area contributed by atoms with Crippen LogP contribution in [0.5, 0.6) is 5.75 Å². The number of carbonyl (C=O) groups excluding carboxylic acids is 1. The molecule has 146 valence electrons. The fourth-order valence-electron chi connectivity index (χ4n) is 3.02. The van der Waals surface area contributed by atoms with Crippen molar-refractivity contribution in [1.29, 1.82) is 0 Å². The van der Waals surface area contributed by atoms with E-state index in [0.29, 0.717) is 23.9 Å². The average Bonchev–Trinajstić information content (AvgIpc) is 3.14. The van der Waals surface area contributed by atoms with E-state index in [2.05, 4.69) is 16.2 Å². The molecule has 0 saturated heterocycles. The van der Waals surface area contributed by atoms with Gasteiger partial charge in [0.25, 0.3) is 5.91 Å². The highest BCUT2D eigenvalue weighted by Gasteiger charge is 2.24. The van der Waals surface area contributed by atoms with E-state index in [9.17, 15) is 4.79 Å².